The monoisotopic (exact) mass is 258 g/mol. The molecule has 0 aliphatic carbocycles. The molecule has 94 valence electrons. The molecule has 1 rings (SSSR count). The average molecular weight is 259 g/mol. The van der Waals surface area contributed by atoms with Gasteiger partial charge in [-0.05, 0) is 25.0 Å². The minimum atomic E-state index is -0.480. The lowest BCUT2D eigenvalue weighted by atomic mass is 10.1. The van der Waals surface area contributed by atoms with Crippen LogP contribution in [0.25, 0.3) is 0 Å². The molecule has 0 aromatic heterocycles. The van der Waals surface area contributed by atoms with E-state index in [0.717, 1.165) is 0 Å². The minimum Gasteiger partial charge on any atom is -0.382 e. The van der Waals surface area contributed by atoms with E-state index in [1.807, 2.05) is 6.92 Å². The molecule has 0 spiro atoms. The topological polar surface area (TPSA) is 26.3 Å². The Morgan fingerprint density at radius 1 is 1.47 bits per heavy atom. The summed E-state index contributed by atoms with van der Waals surface area (Å²) in [5.74, 6) is -0.427. The first-order valence-electron chi connectivity index (χ1n) is 5.67. The van der Waals surface area contributed by atoms with Crippen molar-refractivity contribution in [3.05, 3.63) is 34.6 Å². The molecule has 0 heterocycles. The van der Waals surface area contributed by atoms with Gasteiger partial charge in [-0.3, -0.25) is 4.79 Å². The number of benzene rings is 1. The van der Waals surface area contributed by atoms with Crippen molar-refractivity contribution in [2.75, 3.05) is 13.2 Å². The lowest BCUT2D eigenvalue weighted by Crippen LogP contribution is -2.05. The number of ketones is 1. The molecule has 17 heavy (non-hydrogen) atoms. The van der Waals surface area contributed by atoms with E-state index in [9.17, 15) is 9.18 Å². The lowest BCUT2D eigenvalue weighted by Gasteiger charge is -2.04. The Kier molecular flexibility index (Phi) is 6.16. The smallest absolute Gasteiger partial charge is 0.142 e. The van der Waals surface area contributed by atoms with Gasteiger partial charge in [-0.25, -0.2) is 4.39 Å². The summed E-state index contributed by atoms with van der Waals surface area (Å²) in [6.07, 6.45) is 1.31. The molecule has 0 aliphatic heterocycles. The van der Waals surface area contributed by atoms with Gasteiger partial charge in [0.15, 0.2) is 0 Å². The van der Waals surface area contributed by atoms with Crippen LogP contribution in [0.4, 0.5) is 4.39 Å². The Hall–Kier alpha value is -0.930. The molecule has 0 saturated carbocycles. The molecule has 0 aliphatic rings. The van der Waals surface area contributed by atoms with E-state index in [-0.39, 0.29) is 17.2 Å². The van der Waals surface area contributed by atoms with E-state index in [0.29, 0.717) is 31.6 Å². The fourth-order valence-corrected chi connectivity index (χ4v) is 1.69. The third-order valence-corrected chi connectivity index (χ3v) is 2.79. The summed E-state index contributed by atoms with van der Waals surface area (Å²) in [5, 5.41) is 0.0469. The van der Waals surface area contributed by atoms with Crippen molar-refractivity contribution in [2.24, 2.45) is 0 Å². The van der Waals surface area contributed by atoms with Crippen molar-refractivity contribution in [3.63, 3.8) is 0 Å². The van der Waals surface area contributed by atoms with Crippen LogP contribution in [0, 0.1) is 5.82 Å². The molecule has 1 aromatic rings. The van der Waals surface area contributed by atoms with Gasteiger partial charge in [0.05, 0.1) is 5.02 Å². The van der Waals surface area contributed by atoms with Crippen LogP contribution in [0.3, 0.4) is 0 Å². The fraction of sp³-hybridized carbons (Fsp3) is 0.462. The number of hydrogen-bond donors (Lipinski definition) is 0. The highest BCUT2D eigenvalue weighted by Gasteiger charge is 2.09. The summed E-state index contributed by atoms with van der Waals surface area (Å²) in [4.78, 5) is 11.6. The number of carbonyl (C=O) groups is 1. The second kappa shape index (κ2) is 7.41. The van der Waals surface area contributed by atoms with Gasteiger partial charge in [-0.2, -0.15) is 0 Å². The van der Waals surface area contributed by atoms with Gasteiger partial charge in [-0.1, -0.05) is 23.7 Å². The van der Waals surface area contributed by atoms with Gasteiger partial charge in [0.25, 0.3) is 0 Å². The van der Waals surface area contributed by atoms with E-state index in [4.69, 9.17) is 16.3 Å². The average Bonchev–Trinajstić information content (AvgIpc) is 2.31. The molecule has 2 nitrogen and oxygen atoms in total. The molecule has 0 N–H and O–H groups in total. The maximum Gasteiger partial charge on any atom is 0.142 e. The summed E-state index contributed by atoms with van der Waals surface area (Å²) in [5.41, 5.74) is 0.549. The van der Waals surface area contributed by atoms with E-state index < -0.39 is 5.82 Å². The summed E-state index contributed by atoms with van der Waals surface area (Å²) >= 11 is 5.77. The van der Waals surface area contributed by atoms with Crippen molar-refractivity contribution in [3.8, 4) is 0 Å². The summed E-state index contributed by atoms with van der Waals surface area (Å²) in [7, 11) is 0. The zero-order valence-electron chi connectivity index (χ0n) is 9.84. The Bertz CT molecular complexity index is 380. The normalized spacial score (nSPS) is 10.5. The van der Waals surface area contributed by atoms with Crippen LogP contribution < -0.4 is 0 Å². The molecular weight excluding hydrogens is 243 g/mol. The van der Waals surface area contributed by atoms with Gasteiger partial charge in [-0.15, -0.1) is 0 Å². The molecule has 0 bridgehead atoms. The Labute approximate surface area is 106 Å². The second-order valence-corrected chi connectivity index (χ2v) is 4.11. The van der Waals surface area contributed by atoms with Crippen LogP contribution >= 0.6 is 11.6 Å². The number of Topliss-reactive ketones (excluding diaryl/α,β-unsaturated/α-hetero) is 1. The van der Waals surface area contributed by atoms with Crippen LogP contribution in [0.1, 0.15) is 25.3 Å². The molecule has 0 radical (unpaired) electrons. The highest BCUT2D eigenvalue weighted by molar-refractivity contribution is 6.31. The number of halogens is 2. The third kappa shape index (κ3) is 4.84. The SMILES string of the molecule is CCOCCCC(=O)Cc1cccc(F)c1Cl. The highest BCUT2D eigenvalue weighted by atomic mass is 35.5. The maximum atomic E-state index is 13.1. The lowest BCUT2D eigenvalue weighted by molar-refractivity contribution is -0.118. The van der Waals surface area contributed by atoms with Gasteiger partial charge >= 0.3 is 0 Å². The Morgan fingerprint density at radius 2 is 2.24 bits per heavy atom. The van der Waals surface area contributed by atoms with E-state index in [1.165, 1.54) is 6.07 Å². The van der Waals surface area contributed by atoms with Crippen molar-refractivity contribution in [2.45, 2.75) is 26.2 Å². The van der Waals surface area contributed by atoms with Crippen LogP contribution in [0.2, 0.25) is 5.02 Å². The summed E-state index contributed by atoms with van der Waals surface area (Å²) in [6, 6.07) is 4.52. The first-order valence-corrected chi connectivity index (χ1v) is 6.05. The zero-order chi connectivity index (χ0) is 12.7. The Morgan fingerprint density at radius 3 is 2.94 bits per heavy atom. The highest BCUT2D eigenvalue weighted by Crippen LogP contribution is 2.20. The molecule has 0 unspecified atom stereocenters. The molecule has 0 amide bonds. The van der Waals surface area contributed by atoms with Crippen molar-refractivity contribution in [1.29, 1.82) is 0 Å². The number of rotatable bonds is 7. The first kappa shape index (κ1) is 14.1. The molecule has 0 fully saturated rings. The van der Waals surface area contributed by atoms with Crippen LogP contribution in [-0.4, -0.2) is 19.0 Å². The largest absolute Gasteiger partial charge is 0.382 e. The van der Waals surface area contributed by atoms with Crippen LogP contribution in [0.15, 0.2) is 18.2 Å². The van der Waals surface area contributed by atoms with Gasteiger partial charge in [0, 0.05) is 26.1 Å². The Balaban J connectivity index is 2.43. The maximum absolute atomic E-state index is 13.1. The number of carbonyl (C=O) groups excluding carboxylic acids is 1. The number of ether oxygens (including phenoxy) is 1. The fourth-order valence-electron chi connectivity index (χ4n) is 1.50. The first-order chi connectivity index (χ1) is 8.15. The quantitative estimate of drug-likeness (QED) is 0.701. The summed E-state index contributed by atoms with van der Waals surface area (Å²) in [6.45, 7) is 3.15. The molecule has 4 heteroatoms. The van der Waals surface area contributed by atoms with Gasteiger partial charge < -0.3 is 4.74 Å². The molecule has 0 atom stereocenters. The molecule has 1 aromatic carbocycles. The van der Waals surface area contributed by atoms with E-state index in [2.05, 4.69) is 0 Å². The standard InChI is InChI=1S/C13H16ClFO2/c1-2-17-8-4-6-11(16)9-10-5-3-7-12(15)13(10)14/h3,5,7H,2,4,6,8-9H2,1H3. The summed E-state index contributed by atoms with van der Waals surface area (Å²) < 4.78 is 18.3. The van der Waals surface area contributed by atoms with E-state index >= 15 is 0 Å². The van der Waals surface area contributed by atoms with Crippen molar-refractivity contribution < 1.29 is 13.9 Å². The number of hydrogen-bond acceptors (Lipinski definition) is 2. The van der Waals surface area contributed by atoms with Gasteiger partial charge in [0.2, 0.25) is 0 Å². The van der Waals surface area contributed by atoms with Crippen molar-refractivity contribution in [1.82, 2.24) is 0 Å². The third-order valence-electron chi connectivity index (χ3n) is 2.37. The van der Waals surface area contributed by atoms with Crippen LogP contribution in [-0.2, 0) is 16.0 Å². The molecular formula is C13H16ClFO2. The second-order valence-electron chi connectivity index (χ2n) is 3.73. The zero-order valence-corrected chi connectivity index (χ0v) is 10.6. The van der Waals surface area contributed by atoms with Crippen molar-refractivity contribution >= 4 is 17.4 Å². The molecule has 0 saturated heterocycles. The van der Waals surface area contributed by atoms with Gasteiger partial charge in [0.1, 0.15) is 11.6 Å². The van der Waals surface area contributed by atoms with Crippen LogP contribution in [0.5, 0.6) is 0 Å². The predicted octanol–water partition coefficient (Wildman–Crippen LogP) is 3.41. The minimum absolute atomic E-state index is 0.0469. The van der Waals surface area contributed by atoms with E-state index in [1.54, 1.807) is 12.1 Å². The predicted molar refractivity (Wildman–Crippen MR) is 65.8 cm³/mol.